The van der Waals surface area contributed by atoms with E-state index in [0.29, 0.717) is 17.2 Å². The third kappa shape index (κ3) is 4.47. The largest absolute Gasteiger partial charge is 0.349 e. The molecule has 1 saturated carbocycles. The quantitative estimate of drug-likeness (QED) is 0.894. The summed E-state index contributed by atoms with van der Waals surface area (Å²) >= 11 is 0. The second kappa shape index (κ2) is 6.69. The Labute approximate surface area is 132 Å². The van der Waals surface area contributed by atoms with E-state index in [9.17, 15) is 13.2 Å². The molecule has 1 aromatic rings. The molecular weight excluding hydrogens is 300 g/mol. The molecule has 122 valence electrons. The molecule has 2 atom stereocenters. The molecule has 0 aliphatic heterocycles. The molecule has 0 radical (unpaired) electrons. The molecule has 0 saturated heterocycles. The van der Waals surface area contributed by atoms with Gasteiger partial charge in [-0.1, -0.05) is 25.8 Å². The first-order valence-electron chi connectivity index (χ1n) is 7.65. The van der Waals surface area contributed by atoms with E-state index in [2.05, 4.69) is 17.0 Å². The van der Waals surface area contributed by atoms with Gasteiger partial charge in [-0.05, 0) is 43.4 Å². The molecule has 6 heteroatoms. The molecule has 1 aliphatic rings. The summed E-state index contributed by atoms with van der Waals surface area (Å²) < 4.78 is 25.2. The van der Waals surface area contributed by atoms with Crippen molar-refractivity contribution in [1.82, 2.24) is 5.32 Å². The molecule has 1 amide bonds. The van der Waals surface area contributed by atoms with Crippen molar-refractivity contribution in [3.05, 3.63) is 29.3 Å². The van der Waals surface area contributed by atoms with E-state index < -0.39 is 10.0 Å². The van der Waals surface area contributed by atoms with Crippen LogP contribution in [0.2, 0.25) is 0 Å². The van der Waals surface area contributed by atoms with Gasteiger partial charge in [0.2, 0.25) is 10.0 Å². The lowest BCUT2D eigenvalue weighted by atomic mass is 9.86. The van der Waals surface area contributed by atoms with Gasteiger partial charge >= 0.3 is 0 Å². The van der Waals surface area contributed by atoms with E-state index in [1.165, 1.54) is 6.42 Å². The van der Waals surface area contributed by atoms with Crippen LogP contribution in [0.4, 0.5) is 5.69 Å². The van der Waals surface area contributed by atoms with Gasteiger partial charge in [0.1, 0.15) is 0 Å². The number of nitrogens with one attached hydrogen (secondary N) is 2. The number of carbonyl (C=O) groups is 1. The highest BCUT2D eigenvalue weighted by Crippen LogP contribution is 2.24. The molecule has 1 aromatic carbocycles. The lowest BCUT2D eigenvalue weighted by Crippen LogP contribution is -2.41. The van der Waals surface area contributed by atoms with Crippen molar-refractivity contribution in [3.8, 4) is 0 Å². The SMILES string of the molecule is Cc1ccc(C(=O)NC2CCCCC2C)cc1NS(C)(=O)=O. The summed E-state index contributed by atoms with van der Waals surface area (Å²) in [6.45, 7) is 3.97. The van der Waals surface area contributed by atoms with Gasteiger partial charge in [0.05, 0.1) is 11.9 Å². The van der Waals surface area contributed by atoms with Gasteiger partial charge in [0, 0.05) is 11.6 Å². The van der Waals surface area contributed by atoms with Crippen LogP contribution in [0.15, 0.2) is 18.2 Å². The van der Waals surface area contributed by atoms with Crippen molar-refractivity contribution < 1.29 is 13.2 Å². The Balaban J connectivity index is 2.14. The predicted octanol–water partition coefficient (Wildman–Crippen LogP) is 2.68. The predicted molar refractivity (Wildman–Crippen MR) is 88.5 cm³/mol. The van der Waals surface area contributed by atoms with Crippen LogP contribution >= 0.6 is 0 Å². The average molecular weight is 324 g/mol. The molecule has 1 fully saturated rings. The van der Waals surface area contributed by atoms with Crippen molar-refractivity contribution in [2.45, 2.75) is 45.6 Å². The second-order valence-corrected chi connectivity index (χ2v) is 7.99. The van der Waals surface area contributed by atoms with E-state index in [4.69, 9.17) is 0 Å². The first kappa shape index (κ1) is 16.8. The number of hydrogen-bond acceptors (Lipinski definition) is 3. The number of sulfonamides is 1. The third-order valence-electron chi connectivity index (χ3n) is 4.22. The van der Waals surface area contributed by atoms with Crippen molar-refractivity contribution >= 4 is 21.6 Å². The second-order valence-electron chi connectivity index (χ2n) is 6.25. The zero-order valence-corrected chi connectivity index (χ0v) is 14.2. The minimum Gasteiger partial charge on any atom is -0.349 e. The fourth-order valence-corrected chi connectivity index (χ4v) is 3.47. The van der Waals surface area contributed by atoms with Gasteiger partial charge in [-0.3, -0.25) is 9.52 Å². The molecule has 1 aliphatic carbocycles. The molecule has 0 bridgehead atoms. The van der Waals surface area contributed by atoms with E-state index in [1.807, 2.05) is 0 Å². The van der Waals surface area contributed by atoms with E-state index >= 15 is 0 Å². The van der Waals surface area contributed by atoms with Crippen LogP contribution in [-0.2, 0) is 10.0 Å². The summed E-state index contributed by atoms with van der Waals surface area (Å²) in [6, 6.07) is 5.28. The zero-order chi connectivity index (χ0) is 16.3. The zero-order valence-electron chi connectivity index (χ0n) is 13.3. The number of amides is 1. The number of anilines is 1. The molecule has 0 aromatic heterocycles. The molecule has 5 nitrogen and oxygen atoms in total. The topological polar surface area (TPSA) is 75.3 Å². The molecule has 22 heavy (non-hydrogen) atoms. The van der Waals surface area contributed by atoms with Crippen molar-refractivity contribution in [2.24, 2.45) is 5.92 Å². The maximum atomic E-state index is 12.4. The van der Waals surface area contributed by atoms with Crippen molar-refractivity contribution in [3.63, 3.8) is 0 Å². The highest BCUT2D eigenvalue weighted by atomic mass is 32.2. The first-order valence-corrected chi connectivity index (χ1v) is 9.55. The Morgan fingerprint density at radius 2 is 1.91 bits per heavy atom. The average Bonchev–Trinajstić information content (AvgIpc) is 2.42. The van der Waals surface area contributed by atoms with E-state index in [-0.39, 0.29) is 11.9 Å². The summed E-state index contributed by atoms with van der Waals surface area (Å²) in [5, 5.41) is 3.08. The van der Waals surface area contributed by atoms with E-state index in [1.54, 1.807) is 25.1 Å². The monoisotopic (exact) mass is 324 g/mol. The first-order chi connectivity index (χ1) is 10.3. The molecule has 2 rings (SSSR count). The van der Waals surface area contributed by atoms with Gasteiger partial charge in [0.15, 0.2) is 0 Å². The number of carbonyl (C=O) groups excluding carboxylic acids is 1. The van der Waals surface area contributed by atoms with Crippen LogP contribution in [-0.4, -0.2) is 26.6 Å². The summed E-state index contributed by atoms with van der Waals surface area (Å²) in [4.78, 5) is 12.4. The summed E-state index contributed by atoms with van der Waals surface area (Å²) in [5.74, 6) is 0.340. The Bertz CT molecular complexity index is 655. The van der Waals surface area contributed by atoms with Gasteiger partial charge < -0.3 is 5.32 Å². The van der Waals surface area contributed by atoms with Gasteiger partial charge in [-0.2, -0.15) is 0 Å². The molecule has 2 N–H and O–H groups in total. The lowest BCUT2D eigenvalue weighted by molar-refractivity contribution is 0.0910. The van der Waals surface area contributed by atoms with Crippen molar-refractivity contribution in [1.29, 1.82) is 0 Å². The minimum atomic E-state index is -3.36. The van der Waals surface area contributed by atoms with Gasteiger partial charge in [-0.15, -0.1) is 0 Å². The Morgan fingerprint density at radius 3 is 2.55 bits per heavy atom. The normalized spacial score (nSPS) is 22.1. The highest BCUT2D eigenvalue weighted by Gasteiger charge is 2.23. The standard InChI is InChI=1S/C16H24N2O3S/c1-11-6-4-5-7-14(11)17-16(19)13-9-8-12(2)15(10-13)18-22(3,20)21/h8-11,14,18H,4-7H2,1-3H3,(H,17,19). The third-order valence-corrected chi connectivity index (χ3v) is 4.81. The fourth-order valence-electron chi connectivity index (χ4n) is 2.86. The number of hydrogen-bond donors (Lipinski definition) is 2. The maximum absolute atomic E-state index is 12.4. The van der Waals surface area contributed by atoms with E-state index in [0.717, 1.165) is 31.1 Å². The van der Waals surface area contributed by atoms with Crippen LogP contribution < -0.4 is 10.0 Å². The van der Waals surface area contributed by atoms with Crippen LogP contribution in [0.5, 0.6) is 0 Å². The van der Waals surface area contributed by atoms with Crippen LogP contribution in [0.25, 0.3) is 0 Å². The molecular formula is C16H24N2O3S. The van der Waals surface area contributed by atoms with Gasteiger partial charge in [-0.25, -0.2) is 8.42 Å². The van der Waals surface area contributed by atoms with Gasteiger partial charge in [0.25, 0.3) is 5.91 Å². The number of rotatable bonds is 4. The summed E-state index contributed by atoms with van der Waals surface area (Å²) in [7, 11) is -3.36. The van der Waals surface area contributed by atoms with Crippen LogP contribution in [0.3, 0.4) is 0 Å². The Kier molecular flexibility index (Phi) is 5.11. The lowest BCUT2D eigenvalue weighted by Gasteiger charge is -2.29. The molecule has 2 unspecified atom stereocenters. The Hall–Kier alpha value is -1.56. The molecule has 0 spiro atoms. The van der Waals surface area contributed by atoms with Crippen molar-refractivity contribution in [2.75, 3.05) is 11.0 Å². The highest BCUT2D eigenvalue weighted by molar-refractivity contribution is 7.92. The maximum Gasteiger partial charge on any atom is 0.251 e. The van der Waals surface area contributed by atoms with Crippen LogP contribution in [0.1, 0.15) is 48.5 Å². The summed E-state index contributed by atoms with van der Waals surface area (Å²) in [5.41, 5.74) is 1.72. The molecule has 0 heterocycles. The minimum absolute atomic E-state index is 0.143. The van der Waals surface area contributed by atoms with Crippen LogP contribution in [0, 0.1) is 12.8 Å². The Morgan fingerprint density at radius 1 is 1.23 bits per heavy atom. The summed E-state index contributed by atoms with van der Waals surface area (Å²) in [6.07, 6.45) is 5.61. The fraction of sp³-hybridized carbons (Fsp3) is 0.562. The smallest absolute Gasteiger partial charge is 0.251 e. The number of benzene rings is 1. The number of aryl methyl sites for hydroxylation is 1.